The van der Waals surface area contributed by atoms with Gasteiger partial charge in [0.05, 0.1) is 0 Å². The third kappa shape index (κ3) is 3.34. The van der Waals surface area contributed by atoms with E-state index in [1.54, 1.807) is 0 Å². The van der Waals surface area contributed by atoms with E-state index in [-0.39, 0.29) is 17.1 Å². The molecule has 5 aliphatic carbocycles. The zero-order valence-electron chi connectivity index (χ0n) is 20.6. The van der Waals surface area contributed by atoms with E-state index in [0.717, 1.165) is 50.0 Å². The summed E-state index contributed by atoms with van der Waals surface area (Å²) in [6, 6.07) is 6.42. The number of carbonyl (C=O) groups excluding carboxylic acids is 1. The highest BCUT2D eigenvalue weighted by atomic mass is 16.6. The fourth-order valence-electron chi connectivity index (χ4n) is 7.90. The molecule has 0 aromatic heterocycles. The predicted octanol–water partition coefficient (Wildman–Crippen LogP) is 5.50. The van der Waals surface area contributed by atoms with Crippen LogP contribution in [0, 0.1) is 35.0 Å². The van der Waals surface area contributed by atoms with Gasteiger partial charge in [0.1, 0.15) is 18.8 Å². The zero-order chi connectivity index (χ0) is 23.8. The molecule has 0 saturated heterocycles. The standard InChI is InChI=1S/C31H34O4/c1-30-18-25(21-5-9-27-28(17-21)35-15-14-34-27)29-23-8-6-22(32)16-20(23)4-7-24(29)26(30)11-13-31(30,33)12-10-19-2-3-19/h5,9,16-17,19,24-26,33H,2-4,6-8,11,13-15,18H2,1H3/t24-,25+,26-,30-,31-/m0/s1. The monoisotopic (exact) mass is 470 g/mol. The van der Waals surface area contributed by atoms with Gasteiger partial charge in [-0.2, -0.15) is 0 Å². The van der Waals surface area contributed by atoms with Gasteiger partial charge in [-0.05, 0) is 98.1 Å². The van der Waals surface area contributed by atoms with Crippen molar-refractivity contribution in [3.05, 3.63) is 46.6 Å². The second kappa shape index (κ2) is 7.74. The largest absolute Gasteiger partial charge is 0.486 e. The van der Waals surface area contributed by atoms with Gasteiger partial charge < -0.3 is 14.6 Å². The van der Waals surface area contributed by atoms with Crippen LogP contribution in [-0.4, -0.2) is 29.7 Å². The molecule has 182 valence electrons. The number of hydrogen-bond acceptors (Lipinski definition) is 4. The summed E-state index contributed by atoms with van der Waals surface area (Å²) in [6.45, 7) is 3.47. The van der Waals surface area contributed by atoms with E-state index in [9.17, 15) is 9.90 Å². The van der Waals surface area contributed by atoms with Crippen molar-refractivity contribution in [1.29, 1.82) is 0 Å². The van der Waals surface area contributed by atoms with Crippen molar-refractivity contribution in [1.82, 2.24) is 0 Å². The maximum Gasteiger partial charge on any atom is 0.161 e. The Balaban J connectivity index is 1.37. The second-order valence-corrected chi connectivity index (χ2v) is 11.8. The topological polar surface area (TPSA) is 55.8 Å². The molecular weight excluding hydrogens is 436 g/mol. The number of carbonyl (C=O) groups is 1. The lowest BCUT2D eigenvalue weighted by Gasteiger charge is -2.53. The first-order valence-electron chi connectivity index (χ1n) is 13.6. The van der Waals surface area contributed by atoms with Gasteiger partial charge in [0, 0.05) is 23.7 Å². The molecule has 3 saturated carbocycles. The van der Waals surface area contributed by atoms with E-state index in [0.29, 0.717) is 37.4 Å². The molecule has 5 atom stereocenters. The molecule has 0 amide bonds. The fourth-order valence-corrected chi connectivity index (χ4v) is 7.90. The van der Waals surface area contributed by atoms with Crippen LogP contribution in [0.4, 0.5) is 0 Å². The third-order valence-corrected chi connectivity index (χ3v) is 9.92. The van der Waals surface area contributed by atoms with Crippen LogP contribution in [0.5, 0.6) is 11.5 Å². The van der Waals surface area contributed by atoms with Crippen LogP contribution in [0.3, 0.4) is 0 Å². The molecule has 35 heavy (non-hydrogen) atoms. The van der Waals surface area contributed by atoms with Crippen LogP contribution < -0.4 is 9.47 Å². The summed E-state index contributed by atoms with van der Waals surface area (Å²) in [5.41, 5.74) is 4.29. The maximum atomic E-state index is 12.3. The first kappa shape index (κ1) is 21.7. The van der Waals surface area contributed by atoms with Gasteiger partial charge in [-0.25, -0.2) is 0 Å². The number of ether oxygens (including phenoxy) is 2. The second-order valence-electron chi connectivity index (χ2n) is 11.8. The Kier molecular flexibility index (Phi) is 4.81. The normalized spacial score (nSPS) is 37.5. The number of ketones is 1. The highest BCUT2D eigenvalue weighted by Gasteiger charge is 2.62. The molecule has 6 aliphatic rings. The Bertz CT molecular complexity index is 1220. The van der Waals surface area contributed by atoms with Crippen molar-refractivity contribution < 1.29 is 19.4 Å². The van der Waals surface area contributed by atoms with Crippen LogP contribution in [0.15, 0.2) is 41.0 Å². The summed E-state index contributed by atoms with van der Waals surface area (Å²) in [5, 5.41) is 12.0. The summed E-state index contributed by atoms with van der Waals surface area (Å²) in [4.78, 5) is 12.3. The Labute approximate surface area is 207 Å². The molecule has 1 aliphatic heterocycles. The lowest BCUT2D eigenvalue weighted by atomic mass is 9.51. The van der Waals surface area contributed by atoms with Gasteiger partial charge >= 0.3 is 0 Å². The SMILES string of the molecule is C[C@]12C[C@H](c3ccc4c(c3)OCCO4)C3=C4CCC(=O)C=C4CC[C@H]3[C@@H]1CC[C@@]2(O)C#CC1CC1. The van der Waals surface area contributed by atoms with Crippen LogP contribution in [0.2, 0.25) is 0 Å². The first-order valence-corrected chi connectivity index (χ1v) is 13.6. The van der Waals surface area contributed by atoms with Gasteiger partial charge in [-0.15, -0.1) is 0 Å². The Morgan fingerprint density at radius 2 is 1.86 bits per heavy atom. The van der Waals surface area contributed by atoms with Gasteiger partial charge in [-0.3, -0.25) is 4.79 Å². The first-order chi connectivity index (χ1) is 17.0. The fraction of sp³-hybridized carbons (Fsp3) is 0.581. The molecule has 0 unspecified atom stereocenters. The minimum Gasteiger partial charge on any atom is -0.486 e. The van der Waals surface area contributed by atoms with Crippen molar-refractivity contribution in [2.45, 2.75) is 76.2 Å². The van der Waals surface area contributed by atoms with Crippen LogP contribution in [0.25, 0.3) is 0 Å². The van der Waals surface area contributed by atoms with Crippen molar-refractivity contribution in [2.24, 2.45) is 23.2 Å². The lowest BCUT2D eigenvalue weighted by Crippen LogP contribution is -2.51. The van der Waals surface area contributed by atoms with Gasteiger partial charge in [0.15, 0.2) is 17.3 Å². The summed E-state index contributed by atoms with van der Waals surface area (Å²) in [5.74, 6) is 10.3. The molecule has 4 nitrogen and oxygen atoms in total. The Morgan fingerprint density at radius 3 is 2.69 bits per heavy atom. The van der Waals surface area contributed by atoms with E-state index in [4.69, 9.17) is 9.47 Å². The van der Waals surface area contributed by atoms with Crippen molar-refractivity contribution >= 4 is 5.78 Å². The molecule has 1 heterocycles. The highest BCUT2D eigenvalue weighted by Crippen LogP contribution is 2.66. The summed E-state index contributed by atoms with van der Waals surface area (Å²) in [7, 11) is 0. The van der Waals surface area contributed by atoms with E-state index in [2.05, 4.69) is 37.0 Å². The molecule has 1 aromatic rings. The number of aliphatic hydroxyl groups is 1. The number of fused-ring (bicyclic) bond motifs is 5. The summed E-state index contributed by atoms with van der Waals surface area (Å²) in [6.07, 6.45) is 10.4. The molecule has 0 radical (unpaired) electrons. The summed E-state index contributed by atoms with van der Waals surface area (Å²) < 4.78 is 11.8. The minimum absolute atomic E-state index is 0.191. The number of benzene rings is 1. The molecular formula is C31H34O4. The minimum atomic E-state index is -0.929. The smallest absolute Gasteiger partial charge is 0.161 e. The van der Waals surface area contributed by atoms with E-state index >= 15 is 0 Å². The Hall–Kier alpha value is -2.51. The lowest BCUT2D eigenvalue weighted by molar-refractivity contribution is -0.114. The predicted molar refractivity (Wildman–Crippen MR) is 133 cm³/mol. The number of allylic oxidation sites excluding steroid dienone is 4. The molecule has 0 bridgehead atoms. The molecule has 3 fully saturated rings. The highest BCUT2D eigenvalue weighted by molar-refractivity contribution is 5.93. The number of rotatable bonds is 1. The van der Waals surface area contributed by atoms with Gasteiger partial charge in [-0.1, -0.05) is 30.4 Å². The molecule has 4 heteroatoms. The van der Waals surface area contributed by atoms with E-state index in [1.807, 2.05) is 6.08 Å². The van der Waals surface area contributed by atoms with Gasteiger partial charge in [0.2, 0.25) is 0 Å². The quantitative estimate of drug-likeness (QED) is 0.551. The number of hydrogen-bond donors (Lipinski definition) is 1. The Morgan fingerprint density at radius 1 is 1.03 bits per heavy atom. The third-order valence-electron chi connectivity index (χ3n) is 9.92. The van der Waals surface area contributed by atoms with Crippen molar-refractivity contribution in [3.8, 4) is 23.3 Å². The van der Waals surface area contributed by atoms with E-state index < -0.39 is 5.60 Å². The van der Waals surface area contributed by atoms with Crippen LogP contribution in [0.1, 0.15) is 76.2 Å². The average molecular weight is 471 g/mol. The zero-order valence-corrected chi connectivity index (χ0v) is 20.6. The van der Waals surface area contributed by atoms with Crippen LogP contribution >= 0.6 is 0 Å². The van der Waals surface area contributed by atoms with Crippen LogP contribution in [-0.2, 0) is 4.79 Å². The summed E-state index contributed by atoms with van der Waals surface area (Å²) >= 11 is 0. The molecule has 0 spiro atoms. The molecule has 1 aromatic carbocycles. The molecule has 7 rings (SSSR count). The maximum absolute atomic E-state index is 12.3. The van der Waals surface area contributed by atoms with E-state index in [1.165, 1.54) is 35.1 Å². The van der Waals surface area contributed by atoms with Gasteiger partial charge in [0.25, 0.3) is 0 Å². The van der Waals surface area contributed by atoms with Crippen molar-refractivity contribution in [3.63, 3.8) is 0 Å². The average Bonchev–Trinajstić information content (AvgIpc) is 3.66. The van der Waals surface area contributed by atoms with Crippen molar-refractivity contribution in [2.75, 3.05) is 13.2 Å². The molecule has 1 N–H and O–H groups in total.